The minimum Gasteiger partial charge on any atom is -0.284 e. The quantitative estimate of drug-likeness (QED) is 0.159. The highest BCUT2D eigenvalue weighted by Gasteiger charge is 2.38. The van der Waals surface area contributed by atoms with Crippen LogP contribution in [0.4, 0.5) is 32.0 Å². The first-order valence-corrected chi connectivity index (χ1v) is 21.8. The van der Waals surface area contributed by atoms with E-state index in [1.165, 1.54) is 72.8 Å². The van der Waals surface area contributed by atoms with Crippen molar-refractivity contribution in [2.24, 2.45) is 0 Å². The lowest BCUT2D eigenvalue weighted by Gasteiger charge is -2.08. The molecule has 13 nitrogen and oxygen atoms in total. The Labute approximate surface area is 324 Å². The van der Waals surface area contributed by atoms with Gasteiger partial charge in [0.1, 0.15) is 0 Å². The molecule has 0 unspecified atom stereocenters. The molecule has 2 heterocycles. The molecule has 0 aliphatic rings. The van der Waals surface area contributed by atoms with E-state index < -0.39 is 53.7 Å². The number of sulfone groups is 2. The molecule has 0 amide bonds. The van der Waals surface area contributed by atoms with Gasteiger partial charge in [0.05, 0.1) is 27.4 Å². The van der Waals surface area contributed by atoms with E-state index in [0.29, 0.717) is 11.3 Å². The van der Waals surface area contributed by atoms with Gasteiger partial charge in [0.2, 0.25) is 10.0 Å². The summed E-state index contributed by atoms with van der Waals surface area (Å²) in [5, 5.41) is 7.10. The van der Waals surface area contributed by atoms with Crippen LogP contribution in [0.5, 0.6) is 0 Å². The molecule has 0 radical (unpaired) electrons. The Morgan fingerprint density at radius 2 is 0.875 bits per heavy atom. The van der Waals surface area contributed by atoms with Crippen molar-refractivity contribution in [1.29, 1.82) is 0 Å². The van der Waals surface area contributed by atoms with E-state index in [2.05, 4.69) is 40.8 Å². The monoisotopic (exact) mass is 905 g/mol. The van der Waals surface area contributed by atoms with Crippen molar-refractivity contribution >= 4 is 51.3 Å². The number of halogens is 7. The summed E-state index contributed by atoms with van der Waals surface area (Å²) in [5.74, 6) is -2.85. The summed E-state index contributed by atoms with van der Waals surface area (Å²) in [6.45, 7) is 0. The zero-order valence-corrected chi connectivity index (χ0v) is 32.8. The Hall–Kier alpha value is -5.13. The van der Waals surface area contributed by atoms with Gasteiger partial charge in [-0.15, -0.1) is 10.2 Å². The molecular weight excluding hydrogens is 880 g/mol. The molecule has 2 aromatic heterocycles. The van der Waals surface area contributed by atoms with Crippen LogP contribution < -0.4 is 4.72 Å². The van der Waals surface area contributed by atoms with Gasteiger partial charge in [-0.3, -0.25) is 4.72 Å². The topological polar surface area (TPSA) is 176 Å². The number of alkyl halides is 6. The molecule has 56 heavy (non-hydrogen) atoms. The molecule has 296 valence electrons. The van der Waals surface area contributed by atoms with Gasteiger partial charge in [-0.2, -0.15) is 26.3 Å². The Morgan fingerprint density at radius 1 is 0.536 bits per heavy atom. The molecular formula is C33H26BrF6N7O6S3. The van der Waals surface area contributed by atoms with Gasteiger partial charge in [-0.1, -0.05) is 15.9 Å². The maximum absolute atomic E-state index is 13.2. The van der Waals surface area contributed by atoms with E-state index >= 15 is 0 Å². The molecule has 0 spiro atoms. The highest BCUT2D eigenvalue weighted by Crippen LogP contribution is 2.33. The fourth-order valence-electron chi connectivity index (χ4n) is 4.77. The van der Waals surface area contributed by atoms with Crippen LogP contribution in [0, 0.1) is 0 Å². The average Bonchev–Trinajstić information content (AvgIpc) is 3.75. The normalized spacial score (nSPS) is 12.5. The standard InChI is InChI=1S/C17H15F3N4O4S2.C16H11BrF3N3O2S/c1-29(25,26)14-9-3-11(4-10-14)15-21-16(17(18,19)20)22-24(15)13-7-5-12(6-8-13)23-30(2,27)28;1-26(24,25)13-8-2-10(3-9-13)14-21-15(16(18,19)20)22-23(14)12-6-4-11(17)5-7-12/h3-10,23H,1-2H3;2-9H,1H3. The summed E-state index contributed by atoms with van der Waals surface area (Å²) < 4.78 is 153. The first-order valence-electron chi connectivity index (χ1n) is 15.3. The van der Waals surface area contributed by atoms with E-state index in [0.717, 1.165) is 32.6 Å². The number of hydrogen-bond acceptors (Lipinski definition) is 10. The molecule has 23 heteroatoms. The Balaban J connectivity index is 0.000000216. The lowest BCUT2D eigenvalue weighted by atomic mass is 10.2. The van der Waals surface area contributed by atoms with Crippen LogP contribution >= 0.6 is 15.9 Å². The molecule has 0 aliphatic carbocycles. The number of benzene rings is 4. The zero-order chi connectivity index (χ0) is 41.4. The van der Waals surface area contributed by atoms with Crippen molar-refractivity contribution in [1.82, 2.24) is 29.5 Å². The summed E-state index contributed by atoms with van der Waals surface area (Å²) in [6.07, 6.45) is -6.48. The van der Waals surface area contributed by atoms with Gasteiger partial charge < -0.3 is 0 Å². The summed E-state index contributed by atoms with van der Waals surface area (Å²) in [6, 6.07) is 22.6. The first kappa shape index (κ1) is 42.0. The number of aromatic nitrogens is 6. The molecule has 0 atom stereocenters. The Morgan fingerprint density at radius 3 is 1.18 bits per heavy atom. The van der Waals surface area contributed by atoms with Crippen LogP contribution in [-0.2, 0) is 42.1 Å². The van der Waals surface area contributed by atoms with Gasteiger partial charge in [0.25, 0.3) is 11.6 Å². The predicted octanol–water partition coefficient (Wildman–Crippen LogP) is 6.85. The highest BCUT2D eigenvalue weighted by atomic mass is 79.9. The first-order chi connectivity index (χ1) is 25.8. The second kappa shape index (κ2) is 15.4. The van der Waals surface area contributed by atoms with Crippen LogP contribution in [-0.4, -0.2) is 73.5 Å². The van der Waals surface area contributed by atoms with Gasteiger partial charge in [0, 0.05) is 33.8 Å². The number of nitrogens with one attached hydrogen (secondary N) is 1. The SMILES string of the molecule is CS(=O)(=O)Nc1ccc(-n2nc(C(F)(F)F)nc2-c2ccc(S(C)(=O)=O)cc2)cc1.CS(=O)(=O)c1ccc(-c2nc(C(F)(F)F)nn2-c2ccc(Br)cc2)cc1. The third-order valence-electron chi connectivity index (χ3n) is 7.29. The molecule has 0 fully saturated rings. The van der Waals surface area contributed by atoms with Crippen LogP contribution in [0.3, 0.4) is 0 Å². The van der Waals surface area contributed by atoms with E-state index in [1.807, 2.05) is 0 Å². The lowest BCUT2D eigenvalue weighted by molar-refractivity contribution is -0.145. The molecule has 6 rings (SSSR count). The van der Waals surface area contributed by atoms with Crippen molar-refractivity contribution < 1.29 is 51.6 Å². The van der Waals surface area contributed by atoms with Crippen molar-refractivity contribution in [2.45, 2.75) is 22.1 Å². The van der Waals surface area contributed by atoms with Gasteiger partial charge in [-0.05, 0) is 97.1 Å². The second-order valence-electron chi connectivity index (χ2n) is 11.8. The third-order valence-corrected chi connectivity index (χ3v) is 10.7. The maximum atomic E-state index is 13.2. The third kappa shape index (κ3) is 10.4. The fourth-order valence-corrected chi connectivity index (χ4v) is 6.86. The summed E-state index contributed by atoms with van der Waals surface area (Å²) in [7, 11) is -10.4. The molecule has 0 saturated carbocycles. The van der Waals surface area contributed by atoms with Crippen molar-refractivity contribution in [2.75, 3.05) is 23.5 Å². The van der Waals surface area contributed by atoms with Crippen molar-refractivity contribution in [3.8, 4) is 34.2 Å². The summed E-state index contributed by atoms with van der Waals surface area (Å²) in [5.41, 5.74) is 1.32. The number of rotatable bonds is 8. The van der Waals surface area contributed by atoms with E-state index in [1.54, 1.807) is 24.3 Å². The highest BCUT2D eigenvalue weighted by molar-refractivity contribution is 9.10. The lowest BCUT2D eigenvalue weighted by Crippen LogP contribution is -2.10. The fraction of sp³-hybridized carbons (Fsp3) is 0.152. The van der Waals surface area contributed by atoms with Crippen LogP contribution in [0.15, 0.2) is 111 Å². The van der Waals surface area contributed by atoms with Crippen molar-refractivity contribution in [3.63, 3.8) is 0 Å². The second-order valence-corrected chi connectivity index (χ2v) is 18.5. The number of nitrogens with zero attached hydrogens (tertiary/aromatic N) is 6. The van der Waals surface area contributed by atoms with Crippen LogP contribution in [0.2, 0.25) is 0 Å². The van der Waals surface area contributed by atoms with Crippen LogP contribution in [0.25, 0.3) is 34.2 Å². The molecule has 0 saturated heterocycles. The number of anilines is 1. The largest absolute Gasteiger partial charge is 0.453 e. The smallest absolute Gasteiger partial charge is 0.284 e. The van der Waals surface area contributed by atoms with E-state index in [4.69, 9.17) is 0 Å². The Kier molecular flexibility index (Phi) is 11.6. The van der Waals surface area contributed by atoms with Gasteiger partial charge in [0.15, 0.2) is 31.3 Å². The molecule has 0 aliphatic heterocycles. The van der Waals surface area contributed by atoms with E-state index in [-0.39, 0.29) is 38.4 Å². The molecule has 6 aromatic rings. The van der Waals surface area contributed by atoms with Crippen LogP contribution in [0.1, 0.15) is 11.6 Å². The predicted molar refractivity (Wildman–Crippen MR) is 196 cm³/mol. The number of sulfonamides is 1. The average molecular weight is 907 g/mol. The molecule has 1 N–H and O–H groups in total. The molecule has 0 bridgehead atoms. The van der Waals surface area contributed by atoms with Gasteiger partial charge in [-0.25, -0.2) is 44.6 Å². The minimum absolute atomic E-state index is 0.00422. The minimum atomic E-state index is -4.80. The molecule has 4 aromatic carbocycles. The maximum Gasteiger partial charge on any atom is 0.453 e. The van der Waals surface area contributed by atoms with Gasteiger partial charge >= 0.3 is 12.4 Å². The Bertz CT molecular complexity index is 2700. The summed E-state index contributed by atoms with van der Waals surface area (Å²) in [4.78, 5) is 7.24. The van der Waals surface area contributed by atoms with E-state index in [9.17, 15) is 51.6 Å². The number of hydrogen-bond donors (Lipinski definition) is 1. The zero-order valence-electron chi connectivity index (χ0n) is 28.7. The summed E-state index contributed by atoms with van der Waals surface area (Å²) >= 11 is 3.26. The van der Waals surface area contributed by atoms with Crippen molar-refractivity contribution in [3.05, 3.63) is 113 Å².